The van der Waals surface area contributed by atoms with Crippen molar-refractivity contribution < 1.29 is 14.3 Å². The molecule has 0 aliphatic carbocycles. The van der Waals surface area contributed by atoms with E-state index in [2.05, 4.69) is 15.5 Å². The molecule has 1 aromatic heterocycles. The number of aryl methyl sites for hydroxylation is 1. The third kappa shape index (κ3) is 4.09. The first-order valence-electron chi connectivity index (χ1n) is 9.77. The summed E-state index contributed by atoms with van der Waals surface area (Å²) in [5, 5.41) is 10.3. The number of amides is 1. The lowest BCUT2D eigenvalue weighted by Crippen LogP contribution is -2.41. The molecule has 2 aromatic carbocycles. The Morgan fingerprint density at radius 3 is 2.70 bits per heavy atom. The molecular formula is C22H24N4O3S. The fourth-order valence-electron chi connectivity index (χ4n) is 3.43. The van der Waals surface area contributed by atoms with E-state index < -0.39 is 5.54 Å². The molecule has 0 spiro atoms. The fourth-order valence-corrected chi connectivity index (χ4v) is 3.65. The van der Waals surface area contributed by atoms with Crippen molar-refractivity contribution in [2.45, 2.75) is 39.3 Å². The molecule has 30 heavy (non-hydrogen) atoms. The van der Waals surface area contributed by atoms with Crippen LogP contribution < -0.4 is 14.8 Å². The van der Waals surface area contributed by atoms with Crippen molar-refractivity contribution in [1.29, 1.82) is 0 Å². The molecule has 7 nitrogen and oxygen atoms in total. The van der Waals surface area contributed by atoms with Gasteiger partial charge < -0.3 is 14.8 Å². The molecule has 1 aliphatic heterocycles. The van der Waals surface area contributed by atoms with E-state index in [1.165, 1.54) is 5.56 Å². The number of aromatic amines is 1. The summed E-state index contributed by atoms with van der Waals surface area (Å²) in [6, 6.07) is 13.8. The van der Waals surface area contributed by atoms with E-state index >= 15 is 0 Å². The summed E-state index contributed by atoms with van der Waals surface area (Å²) in [5.74, 6) is 2.07. The van der Waals surface area contributed by atoms with Gasteiger partial charge in [0.05, 0.1) is 5.54 Å². The maximum absolute atomic E-state index is 12.7. The highest BCUT2D eigenvalue weighted by atomic mass is 32.1. The molecular weight excluding hydrogens is 400 g/mol. The first-order chi connectivity index (χ1) is 14.3. The van der Waals surface area contributed by atoms with Crippen molar-refractivity contribution in [3.8, 4) is 22.9 Å². The van der Waals surface area contributed by atoms with E-state index in [0.29, 0.717) is 17.1 Å². The molecule has 3 aromatic rings. The summed E-state index contributed by atoms with van der Waals surface area (Å²) in [7, 11) is 0. The van der Waals surface area contributed by atoms with Gasteiger partial charge in [0.15, 0.2) is 22.1 Å². The number of fused-ring (bicyclic) bond motifs is 1. The number of benzene rings is 2. The van der Waals surface area contributed by atoms with Gasteiger partial charge in [-0.1, -0.05) is 35.9 Å². The predicted molar refractivity (Wildman–Crippen MR) is 116 cm³/mol. The lowest BCUT2D eigenvalue weighted by molar-refractivity contribution is -0.123. The lowest BCUT2D eigenvalue weighted by Gasteiger charge is -2.27. The van der Waals surface area contributed by atoms with Crippen LogP contribution in [0.4, 0.5) is 0 Å². The maximum Gasteiger partial charge on any atom is 0.231 e. The summed E-state index contributed by atoms with van der Waals surface area (Å²) in [5.41, 5.74) is 2.51. The number of hydrogen-bond donors (Lipinski definition) is 2. The molecule has 0 fully saturated rings. The summed E-state index contributed by atoms with van der Waals surface area (Å²) in [6.07, 6.45) is 0.278. The van der Waals surface area contributed by atoms with E-state index in [1.807, 2.05) is 67.8 Å². The van der Waals surface area contributed by atoms with E-state index in [-0.39, 0.29) is 19.1 Å². The predicted octanol–water partition coefficient (Wildman–Crippen LogP) is 4.09. The Kier molecular flexibility index (Phi) is 5.34. The quantitative estimate of drug-likeness (QED) is 0.583. The minimum atomic E-state index is -0.560. The number of nitrogens with one attached hydrogen (secondary N) is 2. The molecule has 0 saturated carbocycles. The number of hydrogen-bond acceptors (Lipinski definition) is 5. The SMILES string of the molecule is Cc1ccc(-c2n[nH]c(=S)n2CCC(=O)NC(C)(C)c2ccc3c(c2)OCO3)cc1. The topological polar surface area (TPSA) is 81.2 Å². The van der Waals surface area contributed by atoms with Gasteiger partial charge in [-0.05, 0) is 50.7 Å². The van der Waals surface area contributed by atoms with Crippen LogP contribution in [0.15, 0.2) is 42.5 Å². The molecule has 4 rings (SSSR count). The lowest BCUT2D eigenvalue weighted by atomic mass is 9.93. The second-order valence-electron chi connectivity index (χ2n) is 7.86. The van der Waals surface area contributed by atoms with Crippen molar-refractivity contribution in [1.82, 2.24) is 20.1 Å². The Bertz CT molecular complexity index is 1130. The zero-order valence-electron chi connectivity index (χ0n) is 17.2. The standard InChI is InChI=1S/C22H24N4O3S/c1-14-4-6-15(7-5-14)20-24-25-21(30)26(20)11-10-19(27)23-22(2,3)16-8-9-17-18(12-16)29-13-28-17/h4-9,12H,10-11,13H2,1-3H3,(H,23,27)(H,25,30). The number of H-pyrrole nitrogens is 1. The van der Waals surface area contributed by atoms with Crippen LogP contribution in [0.5, 0.6) is 11.5 Å². The number of carbonyl (C=O) groups excluding carboxylic acids is 1. The molecule has 0 atom stereocenters. The number of nitrogens with zero attached hydrogens (tertiary/aromatic N) is 2. The Balaban J connectivity index is 1.45. The van der Waals surface area contributed by atoms with Gasteiger partial charge in [0.25, 0.3) is 0 Å². The van der Waals surface area contributed by atoms with Crippen LogP contribution in [0.25, 0.3) is 11.4 Å². The maximum atomic E-state index is 12.7. The molecule has 2 heterocycles. The van der Waals surface area contributed by atoms with E-state index in [9.17, 15) is 4.79 Å². The van der Waals surface area contributed by atoms with Gasteiger partial charge in [0.2, 0.25) is 12.7 Å². The van der Waals surface area contributed by atoms with Gasteiger partial charge in [0.1, 0.15) is 0 Å². The zero-order valence-corrected chi connectivity index (χ0v) is 18.0. The van der Waals surface area contributed by atoms with E-state index in [4.69, 9.17) is 21.7 Å². The second kappa shape index (κ2) is 7.95. The average molecular weight is 425 g/mol. The van der Waals surface area contributed by atoms with Crippen LogP contribution in [0.1, 0.15) is 31.4 Å². The van der Waals surface area contributed by atoms with Crippen LogP contribution in [-0.2, 0) is 16.9 Å². The molecule has 0 unspecified atom stereocenters. The zero-order chi connectivity index (χ0) is 21.3. The van der Waals surface area contributed by atoms with Crippen molar-refractivity contribution in [2.24, 2.45) is 0 Å². The second-order valence-corrected chi connectivity index (χ2v) is 8.25. The van der Waals surface area contributed by atoms with Gasteiger partial charge in [-0.15, -0.1) is 0 Å². The molecule has 0 radical (unpaired) electrons. The van der Waals surface area contributed by atoms with Gasteiger partial charge >= 0.3 is 0 Å². The molecule has 8 heteroatoms. The van der Waals surface area contributed by atoms with Crippen LogP contribution in [0, 0.1) is 11.7 Å². The highest BCUT2D eigenvalue weighted by molar-refractivity contribution is 7.71. The molecule has 1 amide bonds. The first kappa shape index (κ1) is 20.2. The summed E-state index contributed by atoms with van der Waals surface area (Å²) in [6.45, 7) is 6.61. The highest BCUT2D eigenvalue weighted by Gasteiger charge is 2.25. The summed E-state index contributed by atoms with van der Waals surface area (Å²) < 4.78 is 13.2. The molecule has 0 bridgehead atoms. The van der Waals surface area contributed by atoms with Crippen LogP contribution in [-0.4, -0.2) is 27.5 Å². The highest BCUT2D eigenvalue weighted by Crippen LogP contribution is 2.35. The fraction of sp³-hybridized carbons (Fsp3) is 0.318. The molecule has 1 aliphatic rings. The third-order valence-corrected chi connectivity index (χ3v) is 5.49. The largest absolute Gasteiger partial charge is 0.454 e. The first-order valence-corrected chi connectivity index (χ1v) is 10.2. The summed E-state index contributed by atoms with van der Waals surface area (Å²) in [4.78, 5) is 12.7. The minimum absolute atomic E-state index is 0.0735. The minimum Gasteiger partial charge on any atom is -0.454 e. The van der Waals surface area contributed by atoms with Crippen molar-refractivity contribution in [3.63, 3.8) is 0 Å². The van der Waals surface area contributed by atoms with Gasteiger partial charge in [0, 0.05) is 18.5 Å². The normalized spacial score (nSPS) is 12.8. The average Bonchev–Trinajstić information content (AvgIpc) is 3.32. The number of ether oxygens (including phenoxy) is 2. The number of carbonyl (C=O) groups is 1. The van der Waals surface area contributed by atoms with Gasteiger partial charge in [-0.3, -0.25) is 14.5 Å². The van der Waals surface area contributed by atoms with Crippen LogP contribution in [0.2, 0.25) is 0 Å². The van der Waals surface area contributed by atoms with E-state index in [1.54, 1.807) is 0 Å². The Morgan fingerprint density at radius 1 is 1.20 bits per heavy atom. The Hall–Kier alpha value is -3.13. The van der Waals surface area contributed by atoms with Crippen LogP contribution >= 0.6 is 12.2 Å². The third-order valence-electron chi connectivity index (χ3n) is 5.18. The van der Waals surface area contributed by atoms with Crippen molar-refractivity contribution in [3.05, 3.63) is 58.4 Å². The van der Waals surface area contributed by atoms with Crippen molar-refractivity contribution >= 4 is 18.1 Å². The molecule has 2 N–H and O–H groups in total. The monoisotopic (exact) mass is 424 g/mol. The van der Waals surface area contributed by atoms with Crippen LogP contribution in [0.3, 0.4) is 0 Å². The number of aromatic nitrogens is 3. The van der Waals surface area contributed by atoms with Gasteiger partial charge in [-0.25, -0.2) is 0 Å². The number of rotatable bonds is 6. The Morgan fingerprint density at radius 2 is 1.93 bits per heavy atom. The summed E-state index contributed by atoms with van der Waals surface area (Å²) >= 11 is 5.37. The van der Waals surface area contributed by atoms with Crippen molar-refractivity contribution in [2.75, 3.05) is 6.79 Å². The Labute approximate surface area is 180 Å². The van der Waals surface area contributed by atoms with E-state index in [0.717, 1.165) is 22.7 Å². The molecule has 0 saturated heterocycles. The smallest absolute Gasteiger partial charge is 0.231 e. The molecule has 156 valence electrons. The van der Waals surface area contributed by atoms with Gasteiger partial charge in [-0.2, -0.15) is 5.10 Å².